The number of rotatable bonds is 5. The van der Waals surface area contributed by atoms with Crippen LogP contribution in [-0.4, -0.2) is 17.0 Å². The summed E-state index contributed by atoms with van der Waals surface area (Å²) in [5, 5.41) is 14.2. The Balaban J connectivity index is 1.66. The number of nitrogens with zero attached hydrogens (tertiary/aromatic N) is 2. The number of anilines is 1. The summed E-state index contributed by atoms with van der Waals surface area (Å²) in [7, 11) is 0. The van der Waals surface area contributed by atoms with E-state index in [1.807, 2.05) is 41.8 Å². The van der Waals surface area contributed by atoms with E-state index in [4.69, 9.17) is 10.00 Å². The molecule has 25 heavy (non-hydrogen) atoms. The first-order valence-corrected chi connectivity index (χ1v) is 8.53. The molecule has 1 amide bonds. The summed E-state index contributed by atoms with van der Waals surface area (Å²) in [6.45, 7) is 1.63. The van der Waals surface area contributed by atoms with Crippen LogP contribution in [0.3, 0.4) is 0 Å². The third-order valence-corrected chi connectivity index (χ3v) is 4.24. The summed E-state index contributed by atoms with van der Waals surface area (Å²) in [4.78, 5) is 16.7. The number of hydrogen-bond acceptors (Lipinski definition) is 5. The standard InChI is InChI=1S/C19H15N3O2S/c1-13(24-17-10-6-5-9-15(17)11-20)18(23)22-19-21-16(12-25-19)14-7-3-2-4-8-14/h2-10,12-13H,1H3,(H,21,22,23)/t13-/m0/s1. The van der Waals surface area contributed by atoms with Gasteiger partial charge in [0.1, 0.15) is 11.8 Å². The largest absolute Gasteiger partial charge is 0.480 e. The first-order chi connectivity index (χ1) is 12.2. The number of aromatic nitrogens is 1. The van der Waals surface area contributed by atoms with Gasteiger partial charge in [0, 0.05) is 10.9 Å². The molecule has 0 aliphatic heterocycles. The third kappa shape index (κ3) is 4.03. The van der Waals surface area contributed by atoms with Crippen molar-refractivity contribution in [2.45, 2.75) is 13.0 Å². The fourth-order valence-corrected chi connectivity index (χ4v) is 2.91. The fourth-order valence-electron chi connectivity index (χ4n) is 2.19. The zero-order valence-electron chi connectivity index (χ0n) is 13.5. The summed E-state index contributed by atoms with van der Waals surface area (Å²) in [5.41, 5.74) is 2.19. The summed E-state index contributed by atoms with van der Waals surface area (Å²) in [6.07, 6.45) is -0.751. The summed E-state index contributed by atoms with van der Waals surface area (Å²) in [5.74, 6) is 0.0680. The lowest BCUT2D eigenvalue weighted by Gasteiger charge is -2.14. The molecule has 5 nitrogen and oxygen atoms in total. The fraction of sp³-hybridized carbons (Fsp3) is 0.105. The van der Waals surface area contributed by atoms with Gasteiger partial charge in [0.2, 0.25) is 0 Å². The Morgan fingerprint density at radius 3 is 2.68 bits per heavy atom. The number of benzene rings is 2. The highest BCUT2D eigenvalue weighted by Gasteiger charge is 2.18. The molecule has 0 unspecified atom stereocenters. The Morgan fingerprint density at radius 1 is 1.20 bits per heavy atom. The minimum absolute atomic E-state index is 0.318. The highest BCUT2D eigenvalue weighted by atomic mass is 32.1. The lowest BCUT2D eigenvalue weighted by molar-refractivity contribution is -0.122. The van der Waals surface area contributed by atoms with Crippen molar-refractivity contribution in [1.82, 2.24) is 4.98 Å². The van der Waals surface area contributed by atoms with Gasteiger partial charge in [0.15, 0.2) is 11.2 Å². The van der Waals surface area contributed by atoms with Gasteiger partial charge in [-0.05, 0) is 19.1 Å². The van der Waals surface area contributed by atoms with Crippen LogP contribution in [0.4, 0.5) is 5.13 Å². The number of nitriles is 1. The van der Waals surface area contributed by atoms with Crippen LogP contribution in [0.2, 0.25) is 0 Å². The van der Waals surface area contributed by atoms with Crippen molar-refractivity contribution in [2.75, 3.05) is 5.32 Å². The smallest absolute Gasteiger partial charge is 0.266 e. The van der Waals surface area contributed by atoms with Crippen LogP contribution in [0.25, 0.3) is 11.3 Å². The maximum absolute atomic E-state index is 12.3. The summed E-state index contributed by atoms with van der Waals surface area (Å²) in [6, 6.07) is 18.6. The van der Waals surface area contributed by atoms with E-state index in [-0.39, 0.29) is 5.91 Å². The molecule has 0 spiro atoms. The Morgan fingerprint density at radius 2 is 1.92 bits per heavy atom. The Bertz CT molecular complexity index is 916. The number of ether oxygens (including phenoxy) is 1. The van der Waals surface area contributed by atoms with Crippen molar-refractivity contribution < 1.29 is 9.53 Å². The molecule has 0 aliphatic carbocycles. The molecule has 1 heterocycles. The molecule has 3 rings (SSSR count). The molecule has 1 atom stereocenters. The topological polar surface area (TPSA) is 75.0 Å². The number of thiazole rings is 1. The molecule has 6 heteroatoms. The molecular weight excluding hydrogens is 334 g/mol. The molecule has 2 aromatic carbocycles. The van der Waals surface area contributed by atoms with E-state index >= 15 is 0 Å². The second-order valence-corrected chi connectivity index (χ2v) is 6.12. The van der Waals surface area contributed by atoms with E-state index in [0.29, 0.717) is 16.4 Å². The minimum Gasteiger partial charge on any atom is -0.480 e. The maximum atomic E-state index is 12.3. The van der Waals surface area contributed by atoms with Crippen LogP contribution in [0.15, 0.2) is 60.0 Å². The van der Waals surface area contributed by atoms with Crippen molar-refractivity contribution in [3.05, 3.63) is 65.5 Å². The molecule has 0 fully saturated rings. The predicted molar refractivity (Wildman–Crippen MR) is 97.4 cm³/mol. The van der Waals surface area contributed by atoms with Gasteiger partial charge in [-0.25, -0.2) is 4.98 Å². The summed E-state index contributed by atoms with van der Waals surface area (Å²) >= 11 is 1.35. The van der Waals surface area contributed by atoms with Crippen molar-refractivity contribution in [3.8, 4) is 23.1 Å². The van der Waals surface area contributed by atoms with Gasteiger partial charge in [0.25, 0.3) is 5.91 Å². The monoisotopic (exact) mass is 349 g/mol. The molecule has 0 saturated carbocycles. The van der Waals surface area contributed by atoms with Crippen molar-refractivity contribution in [3.63, 3.8) is 0 Å². The van der Waals surface area contributed by atoms with E-state index in [9.17, 15) is 4.79 Å². The number of para-hydroxylation sites is 1. The predicted octanol–water partition coefficient (Wildman–Crippen LogP) is 4.09. The molecule has 0 bridgehead atoms. The van der Waals surface area contributed by atoms with Crippen molar-refractivity contribution >= 4 is 22.4 Å². The normalized spacial score (nSPS) is 11.4. The van der Waals surface area contributed by atoms with E-state index in [0.717, 1.165) is 11.3 Å². The average Bonchev–Trinajstić information content (AvgIpc) is 3.11. The van der Waals surface area contributed by atoms with E-state index in [1.165, 1.54) is 11.3 Å². The first-order valence-electron chi connectivity index (χ1n) is 7.65. The van der Waals surface area contributed by atoms with E-state index in [2.05, 4.69) is 10.3 Å². The molecule has 0 saturated heterocycles. The van der Waals surface area contributed by atoms with Gasteiger partial charge in [-0.15, -0.1) is 11.3 Å². The summed E-state index contributed by atoms with van der Waals surface area (Å²) < 4.78 is 5.60. The minimum atomic E-state index is -0.751. The van der Waals surface area contributed by atoms with Crippen molar-refractivity contribution in [1.29, 1.82) is 5.26 Å². The molecule has 124 valence electrons. The number of nitrogens with one attached hydrogen (secondary N) is 1. The highest BCUT2D eigenvalue weighted by molar-refractivity contribution is 7.14. The van der Waals surface area contributed by atoms with Crippen LogP contribution in [0, 0.1) is 11.3 Å². The zero-order valence-corrected chi connectivity index (χ0v) is 14.3. The SMILES string of the molecule is C[C@H](Oc1ccccc1C#N)C(=O)Nc1nc(-c2ccccc2)cs1. The van der Waals surface area contributed by atoms with Crippen molar-refractivity contribution in [2.24, 2.45) is 0 Å². The van der Waals surface area contributed by atoms with E-state index in [1.54, 1.807) is 31.2 Å². The van der Waals surface area contributed by atoms with E-state index < -0.39 is 6.10 Å². The molecule has 0 radical (unpaired) electrons. The van der Waals surface area contributed by atoms with Gasteiger partial charge in [-0.2, -0.15) is 5.26 Å². The molecule has 1 aromatic heterocycles. The molecule has 1 N–H and O–H groups in total. The Kier molecular flexibility index (Phi) is 5.07. The quantitative estimate of drug-likeness (QED) is 0.753. The van der Waals surface area contributed by atoms with Gasteiger partial charge in [0.05, 0.1) is 11.3 Å². The van der Waals surface area contributed by atoms with Gasteiger partial charge in [-0.1, -0.05) is 42.5 Å². The van der Waals surface area contributed by atoms with Crippen LogP contribution in [-0.2, 0) is 4.79 Å². The Hall–Kier alpha value is -3.17. The van der Waals surface area contributed by atoms with Crippen LogP contribution in [0.5, 0.6) is 5.75 Å². The highest BCUT2D eigenvalue weighted by Crippen LogP contribution is 2.25. The van der Waals surface area contributed by atoms with Crippen LogP contribution >= 0.6 is 11.3 Å². The maximum Gasteiger partial charge on any atom is 0.266 e. The lowest BCUT2D eigenvalue weighted by Crippen LogP contribution is -2.30. The number of carbonyl (C=O) groups excluding carboxylic acids is 1. The second kappa shape index (κ2) is 7.60. The van der Waals surface area contributed by atoms with Crippen LogP contribution < -0.4 is 10.1 Å². The molecule has 3 aromatic rings. The van der Waals surface area contributed by atoms with Crippen LogP contribution in [0.1, 0.15) is 12.5 Å². The van der Waals surface area contributed by atoms with Gasteiger partial charge < -0.3 is 4.74 Å². The molecular formula is C19H15N3O2S. The second-order valence-electron chi connectivity index (χ2n) is 5.26. The number of carbonyl (C=O) groups is 1. The molecule has 0 aliphatic rings. The average molecular weight is 349 g/mol. The number of hydrogen-bond donors (Lipinski definition) is 1. The number of amides is 1. The Labute approximate surface area is 149 Å². The van der Waals surface area contributed by atoms with Gasteiger partial charge >= 0.3 is 0 Å². The van der Waals surface area contributed by atoms with Gasteiger partial charge in [-0.3, -0.25) is 10.1 Å². The third-order valence-electron chi connectivity index (χ3n) is 3.48. The first kappa shape index (κ1) is 16.7. The lowest BCUT2D eigenvalue weighted by atomic mass is 10.2. The zero-order chi connectivity index (χ0) is 17.6.